The molecule has 39 heavy (non-hydrogen) atoms. The van der Waals surface area contributed by atoms with E-state index in [-0.39, 0.29) is 13.2 Å². The third-order valence-electron chi connectivity index (χ3n) is 7.71. The summed E-state index contributed by atoms with van der Waals surface area (Å²) in [5, 5.41) is 18.9. The summed E-state index contributed by atoms with van der Waals surface area (Å²) >= 11 is 0. The predicted octanol–water partition coefficient (Wildman–Crippen LogP) is 8.03. The van der Waals surface area contributed by atoms with Crippen LogP contribution in [0.3, 0.4) is 0 Å². The molecule has 0 spiro atoms. The smallest absolute Gasteiger partial charge is 0.0794 e. The van der Waals surface area contributed by atoms with Gasteiger partial charge in [0.15, 0.2) is 0 Å². The number of aryl methyl sites for hydroxylation is 2. The lowest BCUT2D eigenvalue weighted by atomic mass is 9.97. The van der Waals surface area contributed by atoms with Crippen LogP contribution in [0.15, 0.2) is 108 Å². The molecule has 0 fully saturated rings. The van der Waals surface area contributed by atoms with Crippen LogP contribution in [0.2, 0.25) is 0 Å². The summed E-state index contributed by atoms with van der Waals surface area (Å²) in [5.74, 6) is 0. The van der Waals surface area contributed by atoms with Crippen LogP contribution in [-0.4, -0.2) is 15.9 Å². The Balaban J connectivity index is 1.54. The van der Waals surface area contributed by atoms with Crippen LogP contribution in [0.1, 0.15) is 40.3 Å². The number of para-hydroxylation sites is 1. The number of aliphatic hydroxyl groups is 2. The van der Waals surface area contributed by atoms with Gasteiger partial charge in [0.05, 0.1) is 24.6 Å². The second-order valence-electron chi connectivity index (χ2n) is 10.1. The van der Waals surface area contributed by atoms with E-state index >= 15 is 0 Å². The molecule has 1 aliphatic carbocycles. The zero-order valence-electron chi connectivity index (χ0n) is 22.3. The summed E-state index contributed by atoms with van der Waals surface area (Å²) in [5.41, 5.74) is 15.4. The third-order valence-corrected chi connectivity index (χ3v) is 7.71. The van der Waals surface area contributed by atoms with Crippen molar-refractivity contribution in [3.63, 3.8) is 0 Å². The first kappa shape index (κ1) is 25.0. The second-order valence-corrected chi connectivity index (χ2v) is 10.1. The van der Waals surface area contributed by atoms with Gasteiger partial charge in [-0.2, -0.15) is 0 Å². The summed E-state index contributed by atoms with van der Waals surface area (Å²) < 4.78 is 0. The highest BCUT2D eigenvalue weighted by atomic mass is 16.3. The molecule has 5 aromatic rings. The van der Waals surface area contributed by atoms with Crippen LogP contribution in [0.25, 0.3) is 33.4 Å². The minimum atomic E-state index is 0.0395. The largest absolute Gasteiger partial charge is 0.392 e. The van der Waals surface area contributed by atoms with Gasteiger partial charge in [-0.3, -0.25) is 0 Å². The van der Waals surface area contributed by atoms with Crippen molar-refractivity contribution in [3.8, 4) is 33.4 Å². The molecule has 0 amide bonds. The van der Waals surface area contributed by atoms with E-state index in [2.05, 4.69) is 92.7 Å². The van der Waals surface area contributed by atoms with Gasteiger partial charge in [0.1, 0.15) is 0 Å². The summed E-state index contributed by atoms with van der Waals surface area (Å²) in [7, 11) is 0. The minimum absolute atomic E-state index is 0.0395. The van der Waals surface area contributed by atoms with Crippen LogP contribution in [0, 0.1) is 6.92 Å². The zero-order chi connectivity index (χ0) is 26.9. The summed E-state index contributed by atoms with van der Waals surface area (Å²) in [4.78, 5) is 5.39. The number of nitrogens with zero attached hydrogens (tertiary/aromatic N) is 1. The first-order valence-electron chi connectivity index (χ1n) is 13.5. The van der Waals surface area contributed by atoms with Crippen molar-refractivity contribution in [3.05, 3.63) is 137 Å². The Morgan fingerprint density at radius 2 is 1.05 bits per heavy atom. The quantitative estimate of drug-likeness (QED) is 0.239. The molecule has 1 aliphatic rings. The second kappa shape index (κ2) is 10.5. The van der Waals surface area contributed by atoms with Gasteiger partial charge < -0.3 is 10.2 Å². The molecule has 0 bridgehead atoms. The van der Waals surface area contributed by atoms with E-state index in [0.717, 1.165) is 62.3 Å². The molecule has 0 aromatic heterocycles. The number of aliphatic hydroxyl groups excluding tert-OH is 2. The van der Waals surface area contributed by atoms with Crippen LogP contribution in [-0.2, 0) is 19.6 Å². The predicted molar refractivity (Wildman–Crippen MR) is 160 cm³/mol. The average Bonchev–Trinajstić information content (AvgIpc) is 3.30. The maximum Gasteiger partial charge on any atom is 0.0794 e. The Bertz CT molecular complexity index is 1600. The van der Waals surface area contributed by atoms with Gasteiger partial charge in [-0.15, -0.1) is 0 Å². The van der Waals surface area contributed by atoms with E-state index in [1.807, 2.05) is 24.3 Å². The molecule has 0 saturated carbocycles. The first-order chi connectivity index (χ1) is 19.1. The van der Waals surface area contributed by atoms with Gasteiger partial charge in [-0.05, 0) is 81.1 Å². The molecule has 0 aliphatic heterocycles. The molecular weight excluding hydrogens is 478 g/mol. The van der Waals surface area contributed by atoms with E-state index in [9.17, 15) is 10.2 Å². The molecular formula is C36H31NO2. The molecule has 0 unspecified atom stereocenters. The van der Waals surface area contributed by atoms with Crippen molar-refractivity contribution in [1.82, 2.24) is 0 Å². The average molecular weight is 510 g/mol. The molecule has 0 atom stereocenters. The van der Waals surface area contributed by atoms with Crippen molar-refractivity contribution in [1.29, 1.82) is 0 Å². The van der Waals surface area contributed by atoms with E-state index in [1.165, 1.54) is 22.3 Å². The highest BCUT2D eigenvalue weighted by Crippen LogP contribution is 2.42. The van der Waals surface area contributed by atoms with Gasteiger partial charge in [-0.1, -0.05) is 97.9 Å². The standard InChI is InChI=1S/C36H31NO2/c1-3-26-6-4-5-23(2)35(26)37-36-33-19-29(27-11-7-24(21-38)8-12-27)15-17-31(33)32-18-16-30(20-34(32)36)28-13-9-25(22-39)10-14-28/h4-20,38-39H,3,21-22H2,1-2H3. The lowest BCUT2D eigenvalue weighted by molar-refractivity contribution is 0.281. The lowest BCUT2D eigenvalue weighted by Crippen LogP contribution is -2.00. The monoisotopic (exact) mass is 509 g/mol. The van der Waals surface area contributed by atoms with Gasteiger partial charge in [0, 0.05) is 11.1 Å². The molecule has 192 valence electrons. The van der Waals surface area contributed by atoms with Crippen molar-refractivity contribution < 1.29 is 10.2 Å². The molecule has 0 radical (unpaired) electrons. The van der Waals surface area contributed by atoms with Crippen molar-refractivity contribution >= 4 is 11.4 Å². The molecule has 3 nitrogen and oxygen atoms in total. The first-order valence-corrected chi connectivity index (χ1v) is 13.5. The zero-order valence-corrected chi connectivity index (χ0v) is 22.3. The summed E-state index contributed by atoms with van der Waals surface area (Å²) in [6.45, 7) is 4.39. The Kier molecular flexibility index (Phi) is 6.70. The maximum absolute atomic E-state index is 9.47. The molecule has 6 rings (SSSR count). The molecule has 0 heterocycles. The number of benzene rings is 5. The van der Waals surface area contributed by atoms with E-state index in [1.54, 1.807) is 0 Å². The normalized spacial score (nSPS) is 11.8. The van der Waals surface area contributed by atoms with Gasteiger partial charge in [0.25, 0.3) is 0 Å². The fourth-order valence-corrected chi connectivity index (χ4v) is 5.46. The number of aliphatic imine (C=N–C) groups is 1. The molecule has 0 saturated heterocycles. The van der Waals surface area contributed by atoms with Crippen molar-refractivity contribution in [2.75, 3.05) is 0 Å². The highest BCUT2D eigenvalue weighted by molar-refractivity contribution is 6.26. The van der Waals surface area contributed by atoms with E-state index in [0.29, 0.717) is 0 Å². The Morgan fingerprint density at radius 1 is 0.564 bits per heavy atom. The van der Waals surface area contributed by atoms with Crippen LogP contribution in [0.4, 0.5) is 5.69 Å². The fraction of sp³-hybridized carbons (Fsp3) is 0.139. The van der Waals surface area contributed by atoms with Crippen LogP contribution < -0.4 is 0 Å². The lowest BCUT2D eigenvalue weighted by Gasteiger charge is -2.11. The fourth-order valence-electron chi connectivity index (χ4n) is 5.46. The van der Waals surface area contributed by atoms with Crippen LogP contribution >= 0.6 is 0 Å². The van der Waals surface area contributed by atoms with E-state index < -0.39 is 0 Å². The van der Waals surface area contributed by atoms with Crippen molar-refractivity contribution in [2.24, 2.45) is 4.99 Å². The van der Waals surface area contributed by atoms with Gasteiger partial charge >= 0.3 is 0 Å². The van der Waals surface area contributed by atoms with Crippen LogP contribution in [0.5, 0.6) is 0 Å². The third kappa shape index (κ3) is 4.61. The number of rotatable bonds is 6. The van der Waals surface area contributed by atoms with Gasteiger partial charge in [0.2, 0.25) is 0 Å². The Hall–Kier alpha value is -4.31. The number of hydrogen-bond acceptors (Lipinski definition) is 3. The molecule has 5 aromatic carbocycles. The highest BCUT2D eigenvalue weighted by Gasteiger charge is 2.26. The SMILES string of the molecule is CCc1cccc(C)c1N=C1c2cc(-c3ccc(CO)cc3)ccc2-c2ccc(-c3ccc(CO)cc3)cc21. The summed E-state index contributed by atoms with van der Waals surface area (Å²) in [6, 6.07) is 35.8. The minimum Gasteiger partial charge on any atom is -0.392 e. The number of fused-ring (bicyclic) bond motifs is 3. The van der Waals surface area contributed by atoms with Crippen molar-refractivity contribution in [2.45, 2.75) is 33.5 Å². The summed E-state index contributed by atoms with van der Waals surface area (Å²) in [6.07, 6.45) is 0.919. The molecule has 3 heteroatoms. The maximum atomic E-state index is 9.47. The topological polar surface area (TPSA) is 52.8 Å². The van der Waals surface area contributed by atoms with Gasteiger partial charge in [-0.25, -0.2) is 4.99 Å². The Morgan fingerprint density at radius 3 is 1.51 bits per heavy atom. The molecule has 2 N–H and O–H groups in total. The number of hydrogen-bond donors (Lipinski definition) is 2. The van der Waals surface area contributed by atoms with E-state index in [4.69, 9.17) is 4.99 Å². The Labute approximate surface area is 229 Å².